The predicted octanol–water partition coefficient (Wildman–Crippen LogP) is 1.74. The Labute approximate surface area is 239 Å². The first-order valence-corrected chi connectivity index (χ1v) is 13.6. The van der Waals surface area contributed by atoms with Gasteiger partial charge < -0.3 is 24.3 Å². The smallest absolute Gasteiger partial charge is 0.226 e. The lowest BCUT2D eigenvalue weighted by atomic mass is 9.69. The first-order chi connectivity index (χ1) is 19.6. The van der Waals surface area contributed by atoms with E-state index in [1.165, 1.54) is 14.0 Å². The summed E-state index contributed by atoms with van der Waals surface area (Å²) in [5, 5.41) is 13.4. The predicted molar refractivity (Wildman–Crippen MR) is 147 cm³/mol. The molecular formula is C30H36N4O7. The highest BCUT2D eigenvalue weighted by Crippen LogP contribution is 2.54. The number of fused-ring (bicyclic) bond motifs is 6. The van der Waals surface area contributed by atoms with Crippen molar-refractivity contribution in [3.8, 4) is 17.6 Å². The normalized spacial score (nSPS) is 27.5. The second kappa shape index (κ2) is 10.9. The molecule has 1 aromatic rings. The van der Waals surface area contributed by atoms with Crippen molar-refractivity contribution in [3.05, 3.63) is 45.2 Å². The molecule has 218 valence electrons. The fourth-order valence-corrected chi connectivity index (χ4v) is 7.29. The number of likely N-dealkylation sites (N-methyl/N-ethyl adjacent to an activating group) is 1. The van der Waals surface area contributed by atoms with Crippen molar-refractivity contribution in [2.75, 3.05) is 41.7 Å². The summed E-state index contributed by atoms with van der Waals surface area (Å²) in [5.74, 6) is 0.262. The largest absolute Gasteiger partial charge is 0.493 e. The third-order valence-corrected chi connectivity index (χ3v) is 8.91. The van der Waals surface area contributed by atoms with Crippen molar-refractivity contribution in [3.63, 3.8) is 0 Å². The molecule has 11 nitrogen and oxygen atoms in total. The van der Waals surface area contributed by atoms with Gasteiger partial charge in [0.25, 0.3) is 0 Å². The van der Waals surface area contributed by atoms with Gasteiger partial charge in [0.1, 0.15) is 6.04 Å². The molecular weight excluding hydrogens is 528 g/mol. The molecule has 1 unspecified atom stereocenters. The average molecular weight is 565 g/mol. The van der Waals surface area contributed by atoms with Crippen LogP contribution in [-0.4, -0.2) is 93.2 Å². The third kappa shape index (κ3) is 4.33. The van der Waals surface area contributed by atoms with E-state index in [0.29, 0.717) is 29.1 Å². The molecule has 5 rings (SSSR count). The number of carbonyl (C=O) groups is 3. The highest BCUT2D eigenvalue weighted by molar-refractivity contribution is 6.25. The number of allylic oxidation sites excluding steroid dienone is 2. The van der Waals surface area contributed by atoms with Gasteiger partial charge in [-0.1, -0.05) is 6.07 Å². The number of hydrogen-bond acceptors (Lipinski definition) is 10. The number of hydrogen-bond donors (Lipinski definition) is 1. The highest BCUT2D eigenvalue weighted by atomic mass is 16.7. The summed E-state index contributed by atoms with van der Waals surface area (Å²) in [5.41, 5.74) is 3.82. The monoisotopic (exact) mass is 564 g/mol. The minimum absolute atomic E-state index is 0.00339. The van der Waals surface area contributed by atoms with E-state index >= 15 is 0 Å². The van der Waals surface area contributed by atoms with Crippen molar-refractivity contribution in [2.24, 2.45) is 0 Å². The highest BCUT2D eigenvalue weighted by Gasteiger charge is 2.58. The Morgan fingerprint density at radius 1 is 1.10 bits per heavy atom. The molecule has 0 radical (unpaired) electrons. The quantitative estimate of drug-likeness (QED) is 0.386. The van der Waals surface area contributed by atoms with Gasteiger partial charge >= 0.3 is 0 Å². The summed E-state index contributed by atoms with van der Waals surface area (Å²) in [6, 6.07) is 2.37. The standard InChI is InChI=1S/C30H36N4O7/c1-14-8-17-9-19-21(11-31)34-20(25(33(19)4)23(17)30(28(14)39-6)41-13-38-5)10-18-24(22(34)12-32-16(3)35)27(37)29(40-7)15(2)26(18)36/h8,19-22,25H,9-10,12-13H2,1-7H3,(H,32,35)/t19-,20?,21+,22+,25+/m1/s1. The minimum Gasteiger partial charge on any atom is -0.493 e. The first-order valence-electron chi connectivity index (χ1n) is 13.6. The molecule has 4 aliphatic rings. The number of rotatable bonds is 7. The summed E-state index contributed by atoms with van der Waals surface area (Å²) < 4.78 is 22.6. The zero-order valence-corrected chi connectivity index (χ0v) is 24.5. The first kappa shape index (κ1) is 28.8. The molecule has 0 spiro atoms. The Bertz CT molecular complexity index is 1420. The van der Waals surface area contributed by atoms with Crippen molar-refractivity contribution >= 4 is 17.5 Å². The molecule has 1 saturated heterocycles. The van der Waals surface area contributed by atoms with Crippen LogP contribution in [0, 0.1) is 18.3 Å². The second-order valence-corrected chi connectivity index (χ2v) is 11.0. The van der Waals surface area contributed by atoms with Crippen LogP contribution in [0.5, 0.6) is 11.5 Å². The number of methoxy groups -OCH3 is 3. The summed E-state index contributed by atoms with van der Waals surface area (Å²) in [6.07, 6.45) is 0.802. The number of carbonyl (C=O) groups excluding carboxylic acids is 3. The number of benzene rings is 1. The van der Waals surface area contributed by atoms with Crippen molar-refractivity contribution in [2.45, 2.75) is 63.8 Å². The van der Waals surface area contributed by atoms with Gasteiger partial charge in [-0.15, -0.1) is 0 Å². The van der Waals surface area contributed by atoms with Gasteiger partial charge in [0, 0.05) is 54.9 Å². The Balaban J connectivity index is 1.75. The molecule has 5 atom stereocenters. The fraction of sp³-hybridized carbons (Fsp3) is 0.533. The molecule has 2 bridgehead atoms. The molecule has 0 aromatic heterocycles. The summed E-state index contributed by atoms with van der Waals surface area (Å²) >= 11 is 0. The van der Waals surface area contributed by atoms with Crippen molar-refractivity contribution in [1.82, 2.24) is 15.1 Å². The zero-order valence-electron chi connectivity index (χ0n) is 24.5. The van der Waals surface area contributed by atoms with Crippen molar-refractivity contribution < 1.29 is 33.3 Å². The van der Waals surface area contributed by atoms with Gasteiger partial charge in [0.15, 0.2) is 29.8 Å². The van der Waals surface area contributed by atoms with Gasteiger partial charge in [0.2, 0.25) is 11.7 Å². The number of nitrogens with one attached hydrogen (secondary N) is 1. The number of piperazine rings is 1. The Morgan fingerprint density at radius 3 is 2.44 bits per heavy atom. The number of nitrogens with zero attached hydrogens (tertiary/aromatic N) is 3. The lowest BCUT2D eigenvalue weighted by Gasteiger charge is -2.60. The fourth-order valence-electron chi connectivity index (χ4n) is 7.29. The summed E-state index contributed by atoms with van der Waals surface area (Å²) in [4.78, 5) is 43.9. The molecule has 1 N–H and O–H groups in total. The lowest BCUT2D eigenvalue weighted by Crippen LogP contribution is -2.71. The SMILES string of the molecule is COCOc1c(OC)c(C)cc2c1[C@@H]1C3CC4=C(C(=O)C(OC)=C(C)C4=O)[C@H](CNC(C)=O)N3[C@@H](C#N)[C@@H](C2)N1C. The van der Waals surface area contributed by atoms with E-state index in [9.17, 15) is 19.6 Å². The molecule has 1 aromatic carbocycles. The summed E-state index contributed by atoms with van der Waals surface area (Å²) in [6.45, 7) is 5.03. The van der Waals surface area contributed by atoms with E-state index in [4.69, 9.17) is 18.9 Å². The van der Waals surface area contributed by atoms with E-state index in [1.54, 1.807) is 21.1 Å². The van der Waals surface area contributed by atoms with Gasteiger partial charge in [0.05, 0.1) is 32.4 Å². The van der Waals surface area contributed by atoms with Crippen molar-refractivity contribution in [1.29, 1.82) is 5.26 Å². The molecule has 1 aliphatic carbocycles. The van der Waals surface area contributed by atoms with Gasteiger partial charge in [-0.05, 0) is 44.9 Å². The molecule has 11 heteroatoms. The summed E-state index contributed by atoms with van der Waals surface area (Å²) in [7, 11) is 6.50. The Hall–Kier alpha value is -3.72. The van der Waals surface area contributed by atoms with Crippen LogP contribution in [0.1, 0.15) is 43.0 Å². The lowest BCUT2D eigenvalue weighted by molar-refractivity contribution is -0.124. The van der Waals surface area contributed by atoms with Crippen LogP contribution in [0.4, 0.5) is 0 Å². The van der Waals surface area contributed by atoms with Gasteiger partial charge in [-0.3, -0.25) is 24.2 Å². The number of ketones is 2. The number of ether oxygens (including phenoxy) is 4. The van der Waals surface area contributed by atoms with E-state index < -0.39 is 12.1 Å². The minimum atomic E-state index is -0.706. The average Bonchev–Trinajstić information content (AvgIpc) is 2.93. The maximum absolute atomic E-state index is 13.8. The molecule has 0 saturated carbocycles. The molecule has 41 heavy (non-hydrogen) atoms. The topological polar surface area (TPSA) is 130 Å². The van der Waals surface area contributed by atoms with Crippen LogP contribution in [0.25, 0.3) is 0 Å². The van der Waals surface area contributed by atoms with Crippen LogP contribution in [0.15, 0.2) is 28.5 Å². The zero-order chi connectivity index (χ0) is 29.7. The third-order valence-electron chi connectivity index (χ3n) is 8.91. The maximum Gasteiger partial charge on any atom is 0.226 e. The second-order valence-electron chi connectivity index (χ2n) is 11.0. The maximum atomic E-state index is 13.8. The molecule has 1 amide bonds. The van der Waals surface area contributed by atoms with Crippen LogP contribution < -0.4 is 14.8 Å². The van der Waals surface area contributed by atoms with Crippen LogP contribution in [-0.2, 0) is 30.3 Å². The Morgan fingerprint density at radius 2 is 1.83 bits per heavy atom. The number of aryl methyl sites for hydroxylation is 1. The van der Waals surface area contributed by atoms with Crippen LogP contribution in [0.3, 0.4) is 0 Å². The number of amides is 1. The van der Waals surface area contributed by atoms with Gasteiger partial charge in [-0.2, -0.15) is 5.26 Å². The van der Waals surface area contributed by atoms with E-state index in [-0.39, 0.29) is 66.7 Å². The number of nitriles is 1. The van der Waals surface area contributed by atoms with E-state index in [2.05, 4.69) is 22.4 Å². The Kier molecular flexibility index (Phi) is 7.68. The van der Waals surface area contributed by atoms with Crippen LogP contribution >= 0.6 is 0 Å². The number of Topliss-reactive ketones (excluding diaryl/α,β-unsaturated/α-hetero) is 2. The van der Waals surface area contributed by atoms with E-state index in [1.807, 2.05) is 18.9 Å². The molecule has 3 heterocycles. The molecule has 3 aliphatic heterocycles. The van der Waals surface area contributed by atoms with E-state index in [0.717, 1.165) is 16.7 Å². The van der Waals surface area contributed by atoms with Gasteiger partial charge in [-0.25, -0.2) is 0 Å². The van der Waals surface area contributed by atoms with Crippen LogP contribution in [0.2, 0.25) is 0 Å². The molecule has 1 fully saturated rings.